The second-order valence-electron chi connectivity index (χ2n) is 7.69. The molecule has 0 fully saturated rings. The molecule has 0 saturated carbocycles. The molecule has 1 amide bonds. The molecule has 0 saturated heterocycles. The summed E-state index contributed by atoms with van der Waals surface area (Å²) in [7, 11) is 0. The lowest BCUT2D eigenvalue weighted by Gasteiger charge is -2.06. The summed E-state index contributed by atoms with van der Waals surface area (Å²) >= 11 is 3.37. The minimum atomic E-state index is -0.156. The van der Waals surface area contributed by atoms with Crippen LogP contribution >= 0.6 is 15.9 Å². The Morgan fingerprint density at radius 1 is 1.06 bits per heavy atom. The van der Waals surface area contributed by atoms with Gasteiger partial charge in [-0.1, -0.05) is 18.2 Å². The van der Waals surface area contributed by atoms with E-state index < -0.39 is 0 Å². The van der Waals surface area contributed by atoms with Crippen molar-refractivity contribution in [1.29, 1.82) is 0 Å². The summed E-state index contributed by atoms with van der Waals surface area (Å²) in [5, 5.41) is 3.77. The van der Waals surface area contributed by atoms with Crippen LogP contribution in [-0.4, -0.2) is 32.3 Å². The van der Waals surface area contributed by atoms with Crippen LogP contribution in [0.1, 0.15) is 27.2 Å². The van der Waals surface area contributed by atoms with Crippen LogP contribution in [0.4, 0.5) is 0 Å². The minimum Gasteiger partial charge on any atom is -0.461 e. The molecule has 5 aromatic rings. The van der Waals surface area contributed by atoms with E-state index in [0.29, 0.717) is 24.2 Å². The Kier molecular flexibility index (Phi) is 7.79. The van der Waals surface area contributed by atoms with Gasteiger partial charge in [0.15, 0.2) is 0 Å². The van der Waals surface area contributed by atoms with Crippen molar-refractivity contribution in [3.8, 4) is 0 Å². The van der Waals surface area contributed by atoms with Crippen molar-refractivity contribution in [3.63, 3.8) is 0 Å². The van der Waals surface area contributed by atoms with E-state index in [1.165, 1.54) is 5.56 Å². The van der Waals surface area contributed by atoms with E-state index in [-0.39, 0.29) is 12.5 Å². The number of halogens is 1. The molecule has 9 heteroatoms. The number of aromatic nitrogens is 4. The zero-order chi connectivity index (χ0) is 24.6. The van der Waals surface area contributed by atoms with Crippen LogP contribution in [0.2, 0.25) is 0 Å². The molecule has 2 aromatic carbocycles. The number of aromatic amines is 1. The number of rotatable bonds is 6. The van der Waals surface area contributed by atoms with Crippen molar-refractivity contribution in [2.45, 2.75) is 20.1 Å². The molecule has 2 N–H and O–H groups in total. The topological polar surface area (TPSA) is 110 Å². The molecule has 35 heavy (non-hydrogen) atoms. The van der Waals surface area contributed by atoms with Gasteiger partial charge in [0.1, 0.15) is 12.3 Å². The molecule has 0 atom stereocenters. The highest BCUT2D eigenvalue weighted by molar-refractivity contribution is 9.10. The zero-order valence-corrected chi connectivity index (χ0v) is 20.5. The first kappa shape index (κ1) is 24.0. The van der Waals surface area contributed by atoms with Crippen molar-refractivity contribution in [2.24, 2.45) is 0 Å². The summed E-state index contributed by atoms with van der Waals surface area (Å²) in [5.41, 5.74) is 6.08. The fourth-order valence-electron chi connectivity index (χ4n) is 3.41. The third-order valence-corrected chi connectivity index (χ3v) is 5.78. The van der Waals surface area contributed by atoms with Crippen LogP contribution in [-0.2, 0) is 22.7 Å². The number of hydrogen-bond donors (Lipinski definition) is 2. The summed E-state index contributed by atoms with van der Waals surface area (Å²) in [6.45, 7) is 3.00. The number of benzene rings is 2. The molecule has 0 aliphatic heterocycles. The maximum atomic E-state index is 12.2. The molecule has 3 aromatic heterocycles. The monoisotopic (exact) mass is 531 g/mol. The van der Waals surface area contributed by atoms with E-state index in [1.54, 1.807) is 24.7 Å². The lowest BCUT2D eigenvalue weighted by molar-refractivity contribution is -0.129. The van der Waals surface area contributed by atoms with Crippen LogP contribution in [0.3, 0.4) is 0 Å². The number of fused-ring (bicyclic) bond motifs is 2. The highest BCUT2D eigenvalue weighted by atomic mass is 79.9. The van der Waals surface area contributed by atoms with Crippen molar-refractivity contribution < 1.29 is 14.3 Å². The molecular formula is C26H22BrN5O3. The van der Waals surface area contributed by atoms with Gasteiger partial charge in [-0.05, 0) is 70.4 Å². The number of amides is 1. The Balaban J connectivity index is 0.000000218. The second kappa shape index (κ2) is 11.3. The van der Waals surface area contributed by atoms with Gasteiger partial charge in [-0.15, -0.1) is 0 Å². The van der Waals surface area contributed by atoms with Crippen molar-refractivity contribution in [2.75, 3.05) is 0 Å². The van der Waals surface area contributed by atoms with Crippen LogP contribution in [0, 0.1) is 6.92 Å². The molecule has 0 radical (unpaired) electrons. The Hall–Kier alpha value is -4.11. The summed E-state index contributed by atoms with van der Waals surface area (Å²) in [6, 6.07) is 17.1. The van der Waals surface area contributed by atoms with Crippen LogP contribution in [0.15, 0.2) is 77.7 Å². The highest BCUT2D eigenvalue weighted by Gasteiger charge is 2.09. The van der Waals surface area contributed by atoms with Gasteiger partial charge in [0.05, 0.1) is 22.3 Å². The number of aryl methyl sites for hydroxylation is 1. The maximum absolute atomic E-state index is 12.2. The number of carbonyl (C=O) groups is 2. The van der Waals surface area contributed by atoms with Crippen molar-refractivity contribution in [3.05, 3.63) is 100 Å². The summed E-state index contributed by atoms with van der Waals surface area (Å²) in [6.07, 6.45) is 5.11. The maximum Gasteiger partial charge on any atom is 0.293 e. The van der Waals surface area contributed by atoms with Crippen LogP contribution in [0.25, 0.3) is 22.1 Å². The minimum absolute atomic E-state index is 0.156. The fraction of sp³-hybridized carbons (Fsp3) is 0.115. The zero-order valence-electron chi connectivity index (χ0n) is 18.9. The predicted octanol–water partition coefficient (Wildman–Crippen LogP) is 4.87. The fourth-order valence-corrected chi connectivity index (χ4v) is 3.88. The predicted molar refractivity (Wildman–Crippen MR) is 137 cm³/mol. The number of ether oxygens (including phenoxy) is 1. The summed E-state index contributed by atoms with van der Waals surface area (Å²) < 4.78 is 5.47. The third kappa shape index (κ3) is 6.27. The molecule has 0 aliphatic carbocycles. The third-order valence-electron chi connectivity index (χ3n) is 5.09. The van der Waals surface area contributed by atoms with Gasteiger partial charge in [-0.2, -0.15) is 0 Å². The number of carbonyl (C=O) groups excluding carboxylic acids is 2. The smallest absolute Gasteiger partial charge is 0.293 e. The molecule has 176 valence electrons. The van der Waals surface area contributed by atoms with Gasteiger partial charge in [0, 0.05) is 35.0 Å². The Morgan fingerprint density at radius 2 is 1.86 bits per heavy atom. The Labute approximate surface area is 209 Å². The number of nitrogens with one attached hydrogen (secondary N) is 2. The SMILES string of the molecule is Cc1ccc2nccnc2c1.O=COCc1cc2cc(CNC(=O)c3ccccc3Br)cnc2[nH]1. The molecule has 0 aliphatic rings. The Bertz CT molecular complexity index is 1480. The first-order valence-electron chi connectivity index (χ1n) is 10.8. The van der Waals surface area contributed by atoms with E-state index in [0.717, 1.165) is 32.1 Å². The van der Waals surface area contributed by atoms with Crippen LogP contribution in [0.5, 0.6) is 0 Å². The number of pyridine rings is 1. The Morgan fingerprint density at radius 3 is 2.66 bits per heavy atom. The van der Waals surface area contributed by atoms with E-state index in [9.17, 15) is 9.59 Å². The number of nitrogens with zero attached hydrogens (tertiary/aromatic N) is 3. The number of H-pyrrole nitrogens is 1. The normalized spacial score (nSPS) is 10.5. The van der Waals surface area contributed by atoms with Crippen LogP contribution < -0.4 is 5.32 Å². The molecule has 0 bridgehead atoms. The quantitative estimate of drug-likeness (QED) is 0.302. The molecule has 0 unspecified atom stereocenters. The molecule has 8 nitrogen and oxygen atoms in total. The summed E-state index contributed by atoms with van der Waals surface area (Å²) in [4.78, 5) is 38.2. The first-order chi connectivity index (χ1) is 17.0. The van der Waals surface area contributed by atoms with Gasteiger partial charge in [-0.3, -0.25) is 19.6 Å². The average Bonchev–Trinajstić information content (AvgIpc) is 3.29. The van der Waals surface area contributed by atoms with E-state index in [4.69, 9.17) is 4.74 Å². The lowest BCUT2D eigenvalue weighted by Crippen LogP contribution is -2.23. The lowest BCUT2D eigenvalue weighted by atomic mass is 10.2. The van der Waals surface area contributed by atoms with Gasteiger partial charge in [0.25, 0.3) is 12.4 Å². The van der Waals surface area contributed by atoms with E-state index in [2.05, 4.69) is 41.2 Å². The molecule has 5 rings (SSSR count). The van der Waals surface area contributed by atoms with Crippen molar-refractivity contribution in [1.82, 2.24) is 25.3 Å². The first-order valence-corrected chi connectivity index (χ1v) is 11.5. The van der Waals surface area contributed by atoms with Gasteiger partial charge < -0.3 is 15.0 Å². The standard InChI is InChI=1S/C17H14BrN3O3.C9H8N2/c18-15-4-2-1-3-14(15)17(23)20-8-11-5-12-6-13(9-24-10-22)21-16(12)19-7-11;1-7-2-3-8-9(6-7)11-5-4-10-8/h1-7,10H,8-9H2,(H,19,21)(H,20,23);2-6H,1H3. The molecular weight excluding hydrogens is 510 g/mol. The molecule has 0 spiro atoms. The second-order valence-corrected chi connectivity index (χ2v) is 8.55. The van der Waals surface area contributed by atoms with Crippen molar-refractivity contribution >= 4 is 50.4 Å². The van der Waals surface area contributed by atoms with Gasteiger partial charge in [0.2, 0.25) is 0 Å². The van der Waals surface area contributed by atoms with Gasteiger partial charge >= 0.3 is 0 Å². The van der Waals surface area contributed by atoms with E-state index >= 15 is 0 Å². The average molecular weight is 532 g/mol. The van der Waals surface area contributed by atoms with E-state index in [1.807, 2.05) is 55.5 Å². The van der Waals surface area contributed by atoms with Gasteiger partial charge in [-0.25, -0.2) is 4.98 Å². The summed E-state index contributed by atoms with van der Waals surface area (Å²) in [5.74, 6) is -0.156. The highest BCUT2D eigenvalue weighted by Crippen LogP contribution is 2.17. The number of hydrogen-bond acceptors (Lipinski definition) is 6. The molecule has 3 heterocycles. The largest absolute Gasteiger partial charge is 0.461 e.